The Bertz CT molecular complexity index is 1110. The number of hydrogen-bond acceptors (Lipinski definition) is 9. The van der Waals surface area contributed by atoms with E-state index < -0.39 is 10.0 Å². The molecule has 0 amide bonds. The van der Waals surface area contributed by atoms with Crippen molar-refractivity contribution in [1.82, 2.24) is 19.7 Å². The highest BCUT2D eigenvalue weighted by Crippen LogP contribution is 2.24. The van der Waals surface area contributed by atoms with Crippen LogP contribution in [-0.2, 0) is 33.1 Å². The minimum atomic E-state index is -3.73. The normalized spacial score (nSPS) is 11.5. The number of aryl methyl sites for hydroxylation is 1. The molecule has 0 spiro atoms. The Morgan fingerprint density at radius 1 is 1.29 bits per heavy atom. The second kappa shape index (κ2) is 8.12. The number of nitrogens with one attached hydrogen (secondary N) is 1. The molecule has 1 aromatic carbocycles. The van der Waals surface area contributed by atoms with Gasteiger partial charge in [-0.3, -0.25) is 9.48 Å². The summed E-state index contributed by atoms with van der Waals surface area (Å²) < 4.78 is 28.9. The molecule has 0 aliphatic heterocycles. The van der Waals surface area contributed by atoms with Crippen LogP contribution in [0.15, 0.2) is 40.5 Å². The molecule has 0 atom stereocenters. The maximum Gasteiger partial charge on any atom is 0.316 e. The molecule has 148 valence electrons. The molecule has 0 saturated carbocycles. The first-order valence-corrected chi connectivity index (χ1v) is 10.6. The van der Waals surface area contributed by atoms with Crippen molar-refractivity contribution in [3.8, 4) is 0 Å². The number of nitrogens with zero attached hydrogens (tertiary/aromatic N) is 4. The number of esters is 1. The molecule has 3 N–H and O–H groups in total. The fraction of sp³-hybridized carbons (Fsp3) is 0.250. The Morgan fingerprint density at radius 3 is 2.64 bits per heavy atom. The quantitative estimate of drug-likeness (QED) is 0.322. The molecule has 3 rings (SSSR count). The van der Waals surface area contributed by atoms with Gasteiger partial charge in [-0.1, -0.05) is 23.9 Å². The summed E-state index contributed by atoms with van der Waals surface area (Å²) in [6.07, 6.45) is 1.65. The van der Waals surface area contributed by atoms with E-state index in [4.69, 9.17) is 5.14 Å². The van der Waals surface area contributed by atoms with Crippen molar-refractivity contribution in [1.29, 1.82) is 0 Å². The van der Waals surface area contributed by atoms with Crippen LogP contribution in [0.3, 0.4) is 0 Å². The minimum Gasteiger partial charge on any atom is -0.468 e. The summed E-state index contributed by atoms with van der Waals surface area (Å²) in [6, 6.07) is 6.23. The molecule has 2 heterocycles. The topological polar surface area (TPSA) is 142 Å². The summed E-state index contributed by atoms with van der Waals surface area (Å²) in [4.78, 5) is 20.3. The first kappa shape index (κ1) is 20.0. The van der Waals surface area contributed by atoms with Crippen LogP contribution in [0, 0.1) is 0 Å². The number of primary sulfonamides is 1. The summed E-state index contributed by atoms with van der Waals surface area (Å²) in [5, 5.41) is 13.6. The SMILES string of the molecule is COC(=O)CSc1nc(NCc2ccc(S(N)(=O)=O)cc2)c2cnn(C)c2n1. The second-order valence-corrected chi connectivity index (χ2v) is 8.27. The van der Waals surface area contributed by atoms with Crippen LogP contribution >= 0.6 is 11.8 Å². The molecule has 3 aromatic rings. The largest absolute Gasteiger partial charge is 0.468 e. The lowest BCUT2D eigenvalue weighted by Gasteiger charge is -2.09. The van der Waals surface area contributed by atoms with Crippen molar-refractivity contribution in [3.05, 3.63) is 36.0 Å². The van der Waals surface area contributed by atoms with Crippen molar-refractivity contribution >= 4 is 44.6 Å². The van der Waals surface area contributed by atoms with Gasteiger partial charge in [-0.2, -0.15) is 5.10 Å². The van der Waals surface area contributed by atoms with Crippen LogP contribution in [-0.4, -0.2) is 47.0 Å². The molecule has 2 aromatic heterocycles. The lowest BCUT2D eigenvalue weighted by Crippen LogP contribution is -2.12. The molecule has 0 aliphatic carbocycles. The summed E-state index contributed by atoms with van der Waals surface area (Å²) in [7, 11) is -0.641. The highest BCUT2D eigenvalue weighted by atomic mass is 32.2. The number of nitrogens with two attached hydrogens (primary N) is 1. The van der Waals surface area contributed by atoms with E-state index in [1.165, 1.54) is 19.2 Å². The Morgan fingerprint density at radius 2 is 2.00 bits per heavy atom. The highest BCUT2D eigenvalue weighted by Gasteiger charge is 2.14. The number of benzene rings is 1. The summed E-state index contributed by atoms with van der Waals surface area (Å²) in [5.74, 6) is 0.276. The van der Waals surface area contributed by atoms with Gasteiger partial charge in [0.2, 0.25) is 10.0 Å². The Balaban J connectivity index is 1.82. The number of rotatable bonds is 7. The third-order valence-electron chi connectivity index (χ3n) is 3.83. The van der Waals surface area contributed by atoms with Crippen LogP contribution < -0.4 is 10.5 Å². The fourth-order valence-electron chi connectivity index (χ4n) is 2.37. The fourth-order valence-corrected chi connectivity index (χ4v) is 3.55. The van der Waals surface area contributed by atoms with E-state index in [9.17, 15) is 13.2 Å². The maximum absolute atomic E-state index is 11.4. The Labute approximate surface area is 165 Å². The Kier molecular flexibility index (Phi) is 5.82. The van der Waals surface area contributed by atoms with Crippen LogP contribution in [0.25, 0.3) is 11.0 Å². The summed E-state index contributed by atoms with van der Waals surface area (Å²) >= 11 is 1.16. The van der Waals surface area contributed by atoms with Gasteiger partial charge in [0.15, 0.2) is 10.8 Å². The van der Waals surface area contributed by atoms with E-state index in [1.54, 1.807) is 30.1 Å². The van der Waals surface area contributed by atoms with E-state index in [1.807, 2.05) is 0 Å². The molecular formula is C16H18N6O4S2. The number of carbonyl (C=O) groups excluding carboxylic acids is 1. The van der Waals surface area contributed by atoms with E-state index in [-0.39, 0.29) is 16.6 Å². The van der Waals surface area contributed by atoms with E-state index in [2.05, 4.69) is 25.1 Å². The van der Waals surface area contributed by atoms with Gasteiger partial charge in [-0.15, -0.1) is 0 Å². The summed E-state index contributed by atoms with van der Waals surface area (Å²) in [6.45, 7) is 0.396. The van der Waals surface area contributed by atoms with Crippen LogP contribution in [0.2, 0.25) is 0 Å². The average molecular weight is 422 g/mol. The zero-order chi connectivity index (χ0) is 20.3. The van der Waals surface area contributed by atoms with Crippen molar-refractivity contribution in [2.24, 2.45) is 12.2 Å². The number of hydrogen-bond donors (Lipinski definition) is 2. The van der Waals surface area contributed by atoms with Crippen molar-refractivity contribution in [3.63, 3.8) is 0 Å². The zero-order valence-corrected chi connectivity index (χ0v) is 16.7. The number of anilines is 1. The molecule has 28 heavy (non-hydrogen) atoms. The van der Waals surface area contributed by atoms with Crippen molar-refractivity contribution < 1.29 is 17.9 Å². The summed E-state index contributed by atoms with van der Waals surface area (Å²) in [5.41, 5.74) is 1.46. The van der Waals surface area contributed by atoms with Gasteiger partial charge < -0.3 is 10.1 Å². The molecule has 0 unspecified atom stereocenters. The van der Waals surface area contributed by atoms with E-state index in [0.29, 0.717) is 23.2 Å². The van der Waals surface area contributed by atoms with Crippen molar-refractivity contribution in [2.75, 3.05) is 18.2 Å². The predicted molar refractivity (Wildman–Crippen MR) is 104 cm³/mol. The smallest absolute Gasteiger partial charge is 0.316 e. The predicted octanol–water partition coefficient (Wildman–Crippen LogP) is 0.888. The molecule has 10 nitrogen and oxygen atoms in total. The van der Waals surface area contributed by atoms with Gasteiger partial charge in [0.1, 0.15) is 5.82 Å². The number of aromatic nitrogens is 4. The maximum atomic E-state index is 11.4. The molecule has 0 aliphatic rings. The number of ether oxygens (including phenoxy) is 1. The monoisotopic (exact) mass is 422 g/mol. The zero-order valence-electron chi connectivity index (χ0n) is 15.1. The molecular weight excluding hydrogens is 404 g/mol. The first-order valence-electron chi connectivity index (χ1n) is 8.03. The molecule has 0 saturated heterocycles. The molecule has 0 radical (unpaired) electrons. The lowest BCUT2D eigenvalue weighted by molar-refractivity contribution is -0.137. The van der Waals surface area contributed by atoms with Gasteiger partial charge in [0.25, 0.3) is 0 Å². The highest BCUT2D eigenvalue weighted by molar-refractivity contribution is 7.99. The van der Waals surface area contributed by atoms with Crippen LogP contribution in [0.1, 0.15) is 5.56 Å². The third-order valence-corrected chi connectivity index (χ3v) is 5.58. The van der Waals surface area contributed by atoms with Gasteiger partial charge in [0, 0.05) is 13.6 Å². The minimum absolute atomic E-state index is 0.0504. The van der Waals surface area contributed by atoms with E-state index in [0.717, 1.165) is 22.7 Å². The first-order chi connectivity index (χ1) is 13.3. The number of carbonyl (C=O) groups is 1. The standard InChI is InChI=1S/C16H18N6O4S2/c1-22-15-12(8-19-22)14(20-16(21-15)27-9-13(23)26-2)18-7-10-3-5-11(6-4-10)28(17,24)25/h3-6,8H,7,9H2,1-2H3,(H2,17,24,25)(H,18,20,21). The van der Waals surface area contributed by atoms with Crippen LogP contribution in [0.5, 0.6) is 0 Å². The average Bonchev–Trinajstić information content (AvgIpc) is 3.05. The van der Waals surface area contributed by atoms with Crippen molar-refractivity contribution in [2.45, 2.75) is 16.6 Å². The number of thioether (sulfide) groups is 1. The lowest BCUT2D eigenvalue weighted by atomic mass is 10.2. The number of sulfonamides is 1. The van der Waals surface area contributed by atoms with Gasteiger partial charge >= 0.3 is 5.97 Å². The molecule has 0 bridgehead atoms. The second-order valence-electron chi connectivity index (χ2n) is 5.77. The molecule has 0 fully saturated rings. The number of methoxy groups -OCH3 is 1. The van der Waals surface area contributed by atoms with Gasteiger partial charge in [0.05, 0.1) is 29.3 Å². The van der Waals surface area contributed by atoms with Crippen LogP contribution in [0.4, 0.5) is 5.82 Å². The third kappa shape index (κ3) is 4.58. The van der Waals surface area contributed by atoms with Gasteiger partial charge in [-0.05, 0) is 17.7 Å². The Hall–Kier alpha value is -2.70. The molecule has 12 heteroatoms. The number of fused-ring (bicyclic) bond motifs is 1. The van der Waals surface area contributed by atoms with Gasteiger partial charge in [-0.25, -0.2) is 23.5 Å². The van der Waals surface area contributed by atoms with E-state index >= 15 is 0 Å².